The highest BCUT2D eigenvalue weighted by atomic mass is 32.2. The zero-order valence-corrected chi connectivity index (χ0v) is 16.2. The van der Waals surface area contributed by atoms with Crippen LogP contribution in [0.3, 0.4) is 0 Å². The van der Waals surface area contributed by atoms with Crippen LogP contribution in [0.5, 0.6) is 11.5 Å². The van der Waals surface area contributed by atoms with Gasteiger partial charge >= 0.3 is 0 Å². The van der Waals surface area contributed by atoms with E-state index in [0.717, 1.165) is 11.5 Å². The smallest absolute Gasteiger partial charge is 0.257 e. The van der Waals surface area contributed by atoms with Gasteiger partial charge in [-0.2, -0.15) is 0 Å². The molecule has 0 unspecified atom stereocenters. The standard InChI is InChI=1S/C19H21N3O5S/c1-26-17-6-3-13(11-15(17)20)5-8-19(23)22-28(24,25)10-9-14-4-7-18(27-2)16(21)12-14/h3-12H,20-21H2,1-2H3,(H,22,23). The molecule has 148 valence electrons. The Hall–Kier alpha value is -3.46. The Bertz CT molecular complexity index is 1030. The SMILES string of the molecule is COc1ccc(C=CC(=O)NS(=O)(=O)C=Cc2ccc(OC)c(N)c2)cc1N. The summed E-state index contributed by atoms with van der Waals surface area (Å²) in [5.41, 5.74) is 13.5. The summed E-state index contributed by atoms with van der Waals surface area (Å²) in [7, 11) is -1.00. The van der Waals surface area contributed by atoms with Gasteiger partial charge in [0.05, 0.1) is 31.0 Å². The number of carbonyl (C=O) groups is 1. The van der Waals surface area contributed by atoms with Crippen molar-refractivity contribution in [2.75, 3.05) is 25.7 Å². The number of nitrogen functional groups attached to an aromatic ring is 2. The third-order valence-corrected chi connectivity index (χ3v) is 4.60. The molecule has 0 aromatic heterocycles. The zero-order chi connectivity index (χ0) is 20.7. The van der Waals surface area contributed by atoms with Crippen LogP contribution >= 0.6 is 0 Å². The van der Waals surface area contributed by atoms with Crippen molar-refractivity contribution in [1.29, 1.82) is 0 Å². The normalized spacial score (nSPS) is 11.6. The molecule has 2 aromatic rings. The number of hydrogen-bond acceptors (Lipinski definition) is 7. The number of sulfonamides is 1. The number of ether oxygens (including phenoxy) is 2. The van der Waals surface area contributed by atoms with Crippen molar-refractivity contribution in [2.45, 2.75) is 0 Å². The first-order valence-corrected chi connectivity index (χ1v) is 9.58. The minimum Gasteiger partial charge on any atom is -0.495 e. The molecule has 2 aromatic carbocycles. The number of amides is 1. The monoisotopic (exact) mass is 403 g/mol. The third kappa shape index (κ3) is 5.78. The van der Waals surface area contributed by atoms with E-state index in [1.807, 2.05) is 4.72 Å². The van der Waals surface area contributed by atoms with E-state index in [4.69, 9.17) is 20.9 Å². The second kappa shape index (κ2) is 8.96. The van der Waals surface area contributed by atoms with E-state index in [1.165, 1.54) is 26.4 Å². The molecule has 0 aliphatic carbocycles. The molecule has 8 nitrogen and oxygen atoms in total. The molecule has 0 atom stereocenters. The Balaban J connectivity index is 2.03. The van der Waals surface area contributed by atoms with Crippen molar-refractivity contribution in [3.8, 4) is 11.5 Å². The Morgan fingerprint density at radius 1 is 0.929 bits per heavy atom. The van der Waals surface area contributed by atoms with Crippen LogP contribution in [0.2, 0.25) is 0 Å². The number of carbonyl (C=O) groups excluding carboxylic acids is 1. The molecule has 0 aliphatic rings. The average molecular weight is 403 g/mol. The molecule has 0 aliphatic heterocycles. The molecule has 1 amide bonds. The van der Waals surface area contributed by atoms with Gasteiger partial charge in [0, 0.05) is 6.08 Å². The van der Waals surface area contributed by atoms with Gasteiger partial charge < -0.3 is 20.9 Å². The van der Waals surface area contributed by atoms with E-state index >= 15 is 0 Å². The van der Waals surface area contributed by atoms with Crippen LogP contribution in [0.4, 0.5) is 11.4 Å². The largest absolute Gasteiger partial charge is 0.495 e. The molecule has 0 bridgehead atoms. The lowest BCUT2D eigenvalue weighted by atomic mass is 10.2. The number of methoxy groups -OCH3 is 2. The lowest BCUT2D eigenvalue weighted by molar-refractivity contribution is -0.114. The third-order valence-electron chi connectivity index (χ3n) is 3.62. The fourth-order valence-electron chi connectivity index (χ4n) is 2.26. The number of hydrogen-bond donors (Lipinski definition) is 3. The van der Waals surface area contributed by atoms with Crippen LogP contribution < -0.4 is 25.7 Å². The maximum atomic E-state index is 12.0. The number of benzene rings is 2. The Kier molecular flexibility index (Phi) is 6.67. The van der Waals surface area contributed by atoms with Gasteiger partial charge in [-0.1, -0.05) is 12.1 Å². The zero-order valence-electron chi connectivity index (χ0n) is 15.4. The molecule has 0 saturated heterocycles. The highest BCUT2D eigenvalue weighted by molar-refractivity contribution is 7.93. The first-order valence-electron chi connectivity index (χ1n) is 8.04. The van der Waals surface area contributed by atoms with Gasteiger partial charge in [0.15, 0.2) is 0 Å². The maximum Gasteiger partial charge on any atom is 0.257 e. The van der Waals surface area contributed by atoms with Crippen LogP contribution in [0, 0.1) is 0 Å². The van der Waals surface area contributed by atoms with Crippen molar-refractivity contribution < 1.29 is 22.7 Å². The van der Waals surface area contributed by atoms with Crippen LogP contribution in [0.15, 0.2) is 47.9 Å². The predicted octanol–water partition coefficient (Wildman–Crippen LogP) is 2.00. The van der Waals surface area contributed by atoms with Crippen LogP contribution in [-0.2, 0) is 14.8 Å². The first-order chi connectivity index (χ1) is 13.2. The van der Waals surface area contributed by atoms with E-state index in [-0.39, 0.29) is 0 Å². The summed E-state index contributed by atoms with van der Waals surface area (Å²) in [6.07, 6.45) is 3.85. The van der Waals surface area contributed by atoms with Gasteiger partial charge in [-0.3, -0.25) is 4.79 Å². The summed E-state index contributed by atoms with van der Waals surface area (Å²) in [5, 5.41) is 0.880. The summed E-state index contributed by atoms with van der Waals surface area (Å²) >= 11 is 0. The van der Waals surface area contributed by atoms with Gasteiger partial charge in [0.1, 0.15) is 11.5 Å². The second-order valence-corrected chi connectivity index (χ2v) is 7.22. The Labute approximate surface area is 163 Å². The summed E-state index contributed by atoms with van der Waals surface area (Å²) < 4.78 is 36.1. The van der Waals surface area contributed by atoms with Crippen LogP contribution in [0.25, 0.3) is 12.2 Å². The molecule has 0 heterocycles. The van der Waals surface area contributed by atoms with E-state index in [2.05, 4.69) is 0 Å². The van der Waals surface area contributed by atoms with E-state index in [0.29, 0.717) is 34.0 Å². The van der Waals surface area contributed by atoms with Gasteiger partial charge in [-0.15, -0.1) is 0 Å². The van der Waals surface area contributed by atoms with Gasteiger partial charge in [-0.05, 0) is 47.5 Å². The van der Waals surface area contributed by atoms with E-state index in [9.17, 15) is 13.2 Å². The summed E-state index contributed by atoms with van der Waals surface area (Å²) in [6, 6.07) is 9.74. The van der Waals surface area contributed by atoms with Gasteiger partial charge in [0.2, 0.25) is 0 Å². The first kappa shape index (κ1) is 20.8. The van der Waals surface area contributed by atoms with Crippen molar-refractivity contribution in [3.05, 3.63) is 59.0 Å². The highest BCUT2D eigenvalue weighted by Gasteiger charge is 2.09. The number of nitrogens with one attached hydrogen (secondary N) is 1. The van der Waals surface area contributed by atoms with Crippen molar-refractivity contribution in [1.82, 2.24) is 4.72 Å². The molecular formula is C19H21N3O5S. The number of rotatable bonds is 7. The predicted molar refractivity (Wildman–Crippen MR) is 110 cm³/mol. The molecule has 28 heavy (non-hydrogen) atoms. The van der Waals surface area contributed by atoms with E-state index < -0.39 is 15.9 Å². The fraction of sp³-hybridized carbons (Fsp3) is 0.105. The molecular weight excluding hydrogens is 382 g/mol. The minimum atomic E-state index is -3.98. The molecule has 9 heteroatoms. The Morgan fingerprint density at radius 3 is 1.89 bits per heavy atom. The second-order valence-electron chi connectivity index (χ2n) is 5.65. The average Bonchev–Trinajstić information content (AvgIpc) is 2.64. The lowest BCUT2D eigenvalue weighted by Gasteiger charge is -2.05. The van der Waals surface area contributed by atoms with E-state index in [1.54, 1.807) is 36.4 Å². The molecule has 0 radical (unpaired) electrons. The van der Waals surface area contributed by atoms with Crippen molar-refractivity contribution in [3.63, 3.8) is 0 Å². The summed E-state index contributed by atoms with van der Waals surface area (Å²) in [6.45, 7) is 0. The molecule has 0 spiro atoms. The number of anilines is 2. The molecule has 0 fully saturated rings. The summed E-state index contributed by atoms with van der Waals surface area (Å²) in [4.78, 5) is 11.9. The number of nitrogens with two attached hydrogens (primary N) is 2. The van der Waals surface area contributed by atoms with Crippen molar-refractivity contribution >= 4 is 39.5 Å². The topological polar surface area (TPSA) is 134 Å². The molecule has 0 saturated carbocycles. The highest BCUT2D eigenvalue weighted by Crippen LogP contribution is 2.23. The minimum absolute atomic E-state index is 0.368. The van der Waals surface area contributed by atoms with Gasteiger partial charge in [0.25, 0.3) is 15.9 Å². The van der Waals surface area contributed by atoms with Crippen LogP contribution in [-0.4, -0.2) is 28.5 Å². The molecule has 2 rings (SSSR count). The van der Waals surface area contributed by atoms with Gasteiger partial charge in [-0.25, -0.2) is 13.1 Å². The molecule has 5 N–H and O–H groups in total. The quantitative estimate of drug-likeness (QED) is 0.475. The maximum absolute atomic E-state index is 12.0. The van der Waals surface area contributed by atoms with Crippen molar-refractivity contribution in [2.24, 2.45) is 0 Å². The Morgan fingerprint density at radius 2 is 1.43 bits per heavy atom. The summed E-state index contributed by atoms with van der Waals surface area (Å²) in [5.74, 6) is 0.194. The lowest BCUT2D eigenvalue weighted by Crippen LogP contribution is -2.26. The van der Waals surface area contributed by atoms with Crippen LogP contribution in [0.1, 0.15) is 11.1 Å². The fourth-order valence-corrected chi connectivity index (χ4v) is 3.01.